The van der Waals surface area contributed by atoms with Gasteiger partial charge in [-0.1, -0.05) is 48.5 Å². The molecule has 3 rings (SSSR count). The van der Waals surface area contributed by atoms with E-state index in [-0.39, 0.29) is 0 Å². The lowest BCUT2D eigenvalue weighted by atomic mass is 9.82. The zero-order valence-corrected chi connectivity index (χ0v) is 13.5. The monoisotopic (exact) mass is 315 g/mol. The Morgan fingerprint density at radius 1 is 1.00 bits per heavy atom. The first-order chi connectivity index (χ1) is 11.0. The van der Waals surface area contributed by atoms with Crippen LogP contribution in [0.5, 0.6) is 0 Å². The van der Waals surface area contributed by atoms with Crippen molar-refractivity contribution in [2.24, 2.45) is 0 Å². The Balaban J connectivity index is 2.09. The Morgan fingerprint density at radius 2 is 1.61 bits per heavy atom. The molecule has 1 heterocycles. The maximum Gasteiger partial charge on any atom is 0.270 e. The fourth-order valence-electron chi connectivity index (χ4n) is 2.85. The van der Waals surface area contributed by atoms with Gasteiger partial charge in [0.1, 0.15) is 0 Å². The van der Waals surface area contributed by atoms with Crippen molar-refractivity contribution >= 4 is 0 Å². The van der Waals surface area contributed by atoms with E-state index in [1.807, 2.05) is 68.4 Å². The molecule has 0 radical (unpaired) electrons. The second-order valence-corrected chi connectivity index (χ2v) is 6.38. The van der Waals surface area contributed by atoms with Gasteiger partial charge in [0, 0.05) is 11.1 Å². The molecule has 23 heavy (non-hydrogen) atoms. The van der Waals surface area contributed by atoms with Gasteiger partial charge in [0.25, 0.3) is 6.29 Å². The van der Waals surface area contributed by atoms with Crippen LogP contribution in [0.15, 0.2) is 54.6 Å². The Hall–Kier alpha value is -1.72. The summed E-state index contributed by atoms with van der Waals surface area (Å²) in [6, 6.07) is 17.6. The Morgan fingerprint density at radius 3 is 2.22 bits per heavy atom. The van der Waals surface area contributed by atoms with Gasteiger partial charge in [-0.3, -0.25) is 0 Å². The number of hydrogen-bond donors (Lipinski definition) is 1. The summed E-state index contributed by atoms with van der Waals surface area (Å²) >= 11 is 0. The van der Waals surface area contributed by atoms with Crippen molar-refractivity contribution in [3.63, 3.8) is 0 Å². The minimum absolute atomic E-state index is 0.531. The predicted octanol–water partition coefficient (Wildman–Crippen LogP) is 2.26. The fraction of sp³-hybridized carbons (Fsp3) is 0.368. The van der Waals surface area contributed by atoms with Gasteiger partial charge in [-0.2, -0.15) is 0 Å². The molecule has 1 saturated heterocycles. The number of benzene rings is 2. The quantitative estimate of drug-likeness (QED) is 0.695. The van der Waals surface area contributed by atoms with Crippen molar-refractivity contribution in [3.05, 3.63) is 71.3 Å². The van der Waals surface area contributed by atoms with Crippen molar-refractivity contribution in [2.75, 3.05) is 13.2 Å². The molecule has 0 saturated carbocycles. The molecule has 0 aromatic heterocycles. The fourth-order valence-corrected chi connectivity index (χ4v) is 2.85. The molecule has 2 aromatic rings. The van der Waals surface area contributed by atoms with Crippen LogP contribution in [0.2, 0.25) is 0 Å². The third-order valence-corrected chi connectivity index (χ3v) is 4.52. The van der Waals surface area contributed by atoms with Crippen LogP contribution in [-0.2, 0) is 20.7 Å². The molecule has 0 spiro atoms. The standard InChI is InChI=1S/C19H22O4/c1-18(2,17(20)21)15-9-6-10-16(13-15)19(22-11-12-23-19)14-7-4-3-5-8-14/h3-10,13,17,20-21H,11-12H2,1-2H3/p+1. The SMILES string of the molecule is CC(C)(c1cccc(C2(c3ccccc3)OCCO2)c1)C(O)[OH2+]. The van der Waals surface area contributed by atoms with Gasteiger partial charge < -0.3 is 19.7 Å². The minimum Gasteiger partial charge on any atom is -0.421 e. The van der Waals surface area contributed by atoms with Gasteiger partial charge in [-0.25, -0.2) is 0 Å². The van der Waals surface area contributed by atoms with E-state index in [0.29, 0.717) is 13.2 Å². The highest BCUT2D eigenvalue weighted by Crippen LogP contribution is 2.40. The molecular weight excluding hydrogens is 292 g/mol. The van der Waals surface area contributed by atoms with E-state index >= 15 is 0 Å². The molecule has 4 heteroatoms. The van der Waals surface area contributed by atoms with Crippen molar-refractivity contribution < 1.29 is 19.7 Å². The van der Waals surface area contributed by atoms with Gasteiger partial charge in [-0.15, -0.1) is 0 Å². The van der Waals surface area contributed by atoms with Gasteiger partial charge in [0.2, 0.25) is 5.79 Å². The van der Waals surface area contributed by atoms with E-state index in [4.69, 9.17) is 14.6 Å². The lowest BCUT2D eigenvalue weighted by molar-refractivity contribution is -0.130. The number of rotatable bonds is 4. The van der Waals surface area contributed by atoms with Crippen molar-refractivity contribution in [1.29, 1.82) is 0 Å². The Kier molecular flexibility index (Phi) is 4.25. The summed E-state index contributed by atoms with van der Waals surface area (Å²) in [6.07, 6.45) is -1.20. The minimum atomic E-state index is -1.20. The second kappa shape index (κ2) is 6.06. The summed E-state index contributed by atoms with van der Waals surface area (Å²) in [6.45, 7) is 4.78. The summed E-state index contributed by atoms with van der Waals surface area (Å²) in [4.78, 5) is 0. The van der Waals surface area contributed by atoms with Crippen LogP contribution in [0.3, 0.4) is 0 Å². The number of aliphatic hydroxyl groups is 1. The Labute approximate surface area is 136 Å². The van der Waals surface area contributed by atoms with Crippen molar-refractivity contribution in [2.45, 2.75) is 31.3 Å². The van der Waals surface area contributed by atoms with E-state index in [9.17, 15) is 5.11 Å². The molecule has 1 aliphatic rings. The summed E-state index contributed by atoms with van der Waals surface area (Å²) in [5.41, 5.74) is 2.03. The third-order valence-electron chi connectivity index (χ3n) is 4.52. The van der Waals surface area contributed by atoms with E-state index in [2.05, 4.69) is 0 Å². The molecule has 122 valence electrons. The largest absolute Gasteiger partial charge is 0.421 e. The van der Waals surface area contributed by atoms with Crippen LogP contribution in [0, 0.1) is 0 Å². The molecule has 0 aliphatic carbocycles. The summed E-state index contributed by atoms with van der Waals surface area (Å²) in [5.74, 6) is -0.916. The van der Waals surface area contributed by atoms with Crippen molar-refractivity contribution in [3.8, 4) is 0 Å². The number of ether oxygens (including phenoxy) is 2. The molecule has 1 atom stereocenters. The summed E-state index contributed by atoms with van der Waals surface area (Å²) < 4.78 is 12.0. The second-order valence-electron chi connectivity index (χ2n) is 6.38. The predicted molar refractivity (Wildman–Crippen MR) is 88.2 cm³/mol. The Bertz CT molecular complexity index is 658. The topological polar surface area (TPSA) is 61.6 Å². The van der Waals surface area contributed by atoms with Crippen molar-refractivity contribution in [1.82, 2.24) is 0 Å². The van der Waals surface area contributed by atoms with Gasteiger partial charge in [0.15, 0.2) is 0 Å². The summed E-state index contributed by atoms with van der Waals surface area (Å²) in [7, 11) is 0. The first-order valence-electron chi connectivity index (χ1n) is 7.80. The van der Waals surface area contributed by atoms with Crippen LogP contribution >= 0.6 is 0 Å². The van der Waals surface area contributed by atoms with Crippen LogP contribution in [0.1, 0.15) is 30.5 Å². The highest BCUT2D eigenvalue weighted by Gasteiger charge is 2.42. The van der Waals surface area contributed by atoms with Gasteiger partial charge in [0.05, 0.1) is 18.6 Å². The average Bonchev–Trinajstić information content (AvgIpc) is 3.06. The average molecular weight is 315 g/mol. The number of aliphatic hydroxyl groups excluding tert-OH is 1. The van der Waals surface area contributed by atoms with E-state index < -0.39 is 17.5 Å². The zero-order chi connectivity index (χ0) is 16.5. The maximum atomic E-state index is 9.78. The normalized spacial score (nSPS) is 18.8. The third kappa shape index (κ3) is 2.79. The first-order valence-corrected chi connectivity index (χ1v) is 7.80. The molecule has 2 aromatic carbocycles. The molecule has 4 nitrogen and oxygen atoms in total. The highest BCUT2D eigenvalue weighted by atomic mass is 16.7. The van der Waals surface area contributed by atoms with Crippen LogP contribution in [0.4, 0.5) is 0 Å². The van der Waals surface area contributed by atoms with Crippen LogP contribution in [-0.4, -0.2) is 29.7 Å². The number of hydrogen-bond acceptors (Lipinski definition) is 3. The van der Waals surface area contributed by atoms with Crippen LogP contribution < -0.4 is 0 Å². The first kappa shape index (κ1) is 16.1. The lowest BCUT2D eigenvalue weighted by Gasteiger charge is -2.30. The highest BCUT2D eigenvalue weighted by molar-refractivity contribution is 5.39. The van der Waals surface area contributed by atoms with E-state index in [0.717, 1.165) is 16.7 Å². The zero-order valence-electron chi connectivity index (χ0n) is 13.5. The van der Waals surface area contributed by atoms with Crippen LogP contribution in [0.25, 0.3) is 0 Å². The van der Waals surface area contributed by atoms with Gasteiger partial charge >= 0.3 is 0 Å². The molecule has 1 fully saturated rings. The molecule has 0 amide bonds. The molecule has 3 N–H and O–H groups in total. The van der Waals surface area contributed by atoms with E-state index in [1.165, 1.54) is 0 Å². The van der Waals surface area contributed by atoms with Gasteiger partial charge in [-0.05, 0) is 25.5 Å². The smallest absolute Gasteiger partial charge is 0.270 e. The summed E-state index contributed by atoms with van der Waals surface area (Å²) in [5, 5.41) is 17.5. The molecule has 1 aliphatic heterocycles. The molecular formula is C19H23O4+. The maximum absolute atomic E-state index is 9.78. The van der Waals surface area contributed by atoms with E-state index in [1.54, 1.807) is 0 Å². The molecule has 0 bridgehead atoms. The molecule has 1 unspecified atom stereocenters. The lowest BCUT2D eigenvalue weighted by Crippen LogP contribution is -2.34.